The van der Waals surface area contributed by atoms with E-state index < -0.39 is 6.10 Å². The van der Waals surface area contributed by atoms with Crippen molar-refractivity contribution in [2.24, 2.45) is 0 Å². The van der Waals surface area contributed by atoms with E-state index in [1.165, 1.54) is 12.8 Å². The number of unbranched alkanes of at least 4 members (excludes halogenated alkanes) is 10. The molecule has 0 saturated carbocycles. The van der Waals surface area contributed by atoms with Crippen LogP contribution in [0.2, 0.25) is 0 Å². The van der Waals surface area contributed by atoms with E-state index in [0.29, 0.717) is 19.3 Å². The molecule has 0 N–H and O–H groups in total. The fraction of sp³-hybridized carbons (Fsp3) is 0.612. The van der Waals surface area contributed by atoms with Crippen LogP contribution in [-0.4, -0.2) is 37.2 Å². The van der Waals surface area contributed by atoms with Gasteiger partial charge in [-0.05, 0) is 109 Å². The normalized spacial score (nSPS) is 13.0. The van der Waals surface area contributed by atoms with Gasteiger partial charge in [0.1, 0.15) is 13.2 Å². The first-order valence-corrected chi connectivity index (χ1v) is 21.7. The Labute approximate surface area is 337 Å². The van der Waals surface area contributed by atoms with E-state index in [1.807, 2.05) is 0 Å². The Morgan fingerprint density at radius 3 is 1.05 bits per heavy atom. The summed E-state index contributed by atoms with van der Waals surface area (Å²) in [5, 5.41) is 0. The molecule has 1 atom stereocenters. The zero-order valence-corrected chi connectivity index (χ0v) is 35.1. The molecule has 310 valence electrons. The van der Waals surface area contributed by atoms with Crippen LogP contribution in [0.5, 0.6) is 0 Å². The number of rotatable bonds is 37. The number of allylic oxidation sites excluding steroid dienone is 16. The summed E-state index contributed by atoms with van der Waals surface area (Å²) in [7, 11) is 0. The van der Waals surface area contributed by atoms with Gasteiger partial charge in [-0.25, -0.2) is 0 Å². The van der Waals surface area contributed by atoms with Crippen molar-refractivity contribution in [2.45, 2.75) is 181 Å². The molecule has 0 bridgehead atoms. The second kappa shape index (κ2) is 43.1. The number of carbonyl (C=O) groups excluding carboxylic acids is 3. The molecule has 0 aromatic rings. The van der Waals surface area contributed by atoms with Gasteiger partial charge >= 0.3 is 17.9 Å². The zero-order chi connectivity index (χ0) is 40.1. The first-order chi connectivity index (χ1) is 27.0. The smallest absolute Gasteiger partial charge is 0.306 e. The molecule has 0 aliphatic rings. The Morgan fingerprint density at radius 2 is 0.655 bits per heavy atom. The minimum absolute atomic E-state index is 0.111. The highest BCUT2D eigenvalue weighted by molar-refractivity contribution is 5.71. The van der Waals surface area contributed by atoms with E-state index in [2.05, 4.69) is 118 Å². The number of carbonyl (C=O) groups is 3. The third-order valence-corrected chi connectivity index (χ3v) is 8.56. The molecule has 0 rings (SSSR count). The lowest BCUT2D eigenvalue weighted by Crippen LogP contribution is -2.30. The van der Waals surface area contributed by atoms with Gasteiger partial charge in [0.2, 0.25) is 0 Å². The second-order valence-electron chi connectivity index (χ2n) is 13.8. The fourth-order valence-corrected chi connectivity index (χ4v) is 5.39. The van der Waals surface area contributed by atoms with Gasteiger partial charge in [0.05, 0.1) is 0 Å². The molecular formula is C49H78O6. The van der Waals surface area contributed by atoms with Crippen LogP contribution in [0.25, 0.3) is 0 Å². The first kappa shape index (κ1) is 51.3. The van der Waals surface area contributed by atoms with E-state index in [0.717, 1.165) is 116 Å². The maximum Gasteiger partial charge on any atom is 0.306 e. The van der Waals surface area contributed by atoms with Crippen molar-refractivity contribution in [1.82, 2.24) is 0 Å². The van der Waals surface area contributed by atoms with E-state index in [1.54, 1.807) is 0 Å². The molecule has 0 spiro atoms. The van der Waals surface area contributed by atoms with Gasteiger partial charge in [0.25, 0.3) is 0 Å². The van der Waals surface area contributed by atoms with Crippen molar-refractivity contribution >= 4 is 17.9 Å². The summed E-state index contributed by atoms with van der Waals surface area (Å²) in [4.78, 5) is 37.5. The van der Waals surface area contributed by atoms with Crippen molar-refractivity contribution in [1.29, 1.82) is 0 Å². The molecular weight excluding hydrogens is 685 g/mol. The number of esters is 3. The highest BCUT2D eigenvalue weighted by Crippen LogP contribution is 2.11. The summed E-state index contributed by atoms with van der Waals surface area (Å²) in [5.41, 5.74) is 0. The molecule has 0 aromatic heterocycles. The molecule has 6 nitrogen and oxygen atoms in total. The van der Waals surface area contributed by atoms with Crippen LogP contribution in [0.15, 0.2) is 97.2 Å². The van der Waals surface area contributed by atoms with Gasteiger partial charge in [-0.3, -0.25) is 14.4 Å². The molecule has 0 heterocycles. The fourth-order valence-electron chi connectivity index (χ4n) is 5.39. The minimum Gasteiger partial charge on any atom is -0.462 e. The molecule has 0 saturated heterocycles. The van der Waals surface area contributed by atoms with Crippen molar-refractivity contribution in [3.05, 3.63) is 97.2 Å². The standard InChI is InChI=1S/C49H78O6/c1-4-7-10-13-16-19-20-21-22-23-24-25-26-27-28-31-33-36-39-42-48(51)54-45-46(55-49(52)43-40-37-34-30-18-15-12-9-6-3)44-53-47(50)41-38-35-32-29-17-14-11-8-5-2/h7-12,16-19,21-22,24-25,29-30,46H,4-6,13-15,20,23,26-28,31-45H2,1-3H3/b10-7-,11-8-,12-9-,19-16-,22-21-,25-24-,29-17-,30-18-. The maximum atomic E-state index is 12.6. The topological polar surface area (TPSA) is 78.9 Å². The highest BCUT2D eigenvalue weighted by Gasteiger charge is 2.19. The Bertz CT molecular complexity index is 1150. The third-order valence-electron chi connectivity index (χ3n) is 8.56. The van der Waals surface area contributed by atoms with Crippen LogP contribution in [0, 0.1) is 0 Å². The van der Waals surface area contributed by atoms with Crippen LogP contribution in [-0.2, 0) is 28.6 Å². The van der Waals surface area contributed by atoms with Crippen molar-refractivity contribution in [2.75, 3.05) is 13.2 Å². The molecule has 55 heavy (non-hydrogen) atoms. The minimum atomic E-state index is -0.810. The first-order valence-electron chi connectivity index (χ1n) is 21.7. The molecule has 1 unspecified atom stereocenters. The molecule has 0 fully saturated rings. The van der Waals surface area contributed by atoms with Gasteiger partial charge in [-0.1, -0.05) is 144 Å². The monoisotopic (exact) mass is 763 g/mol. The van der Waals surface area contributed by atoms with Crippen LogP contribution in [0.3, 0.4) is 0 Å². The van der Waals surface area contributed by atoms with Gasteiger partial charge in [-0.15, -0.1) is 0 Å². The van der Waals surface area contributed by atoms with Crippen LogP contribution < -0.4 is 0 Å². The average Bonchev–Trinajstić information content (AvgIpc) is 3.18. The Morgan fingerprint density at radius 1 is 0.364 bits per heavy atom. The summed E-state index contributed by atoms with van der Waals surface area (Å²) < 4.78 is 16.5. The lowest BCUT2D eigenvalue weighted by Gasteiger charge is -2.18. The molecule has 0 radical (unpaired) electrons. The number of ether oxygens (including phenoxy) is 3. The lowest BCUT2D eigenvalue weighted by atomic mass is 10.1. The third kappa shape index (κ3) is 41.3. The maximum absolute atomic E-state index is 12.6. The number of hydrogen-bond donors (Lipinski definition) is 0. The van der Waals surface area contributed by atoms with E-state index in [-0.39, 0.29) is 37.5 Å². The summed E-state index contributed by atoms with van der Waals surface area (Å²) in [5.74, 6) is -1.01. The molecule has 0 aliphatic carbocycles. The molecule has 0 amide bonds. The zero-order valence-electron chi connectivity index (χ0n) is 35.1. The summed E-state index contributed by atoms with van der Waals surface area (Å²) >= 11 is 0. The second-order valence-corrected chi connectivity index (χ2v) is 13.8. The van der Waals surface area contributed by atoms with Gasteiger partial charge in [0.15, 0.2) is 6.10 Å². The predicted octanol–water partition coefficient (Wildman–Crippen LogP) is 13.9. The van der Waals surface area contributed by atoms with Gasteiger partial charge in [-0.2, -0.15) is 0 Å². The molecule has 0 aromatic carbocycles. The Kier molecular flexibility index (Phi) is 40.2. The summed E-state index contributed by atoms with van der Waals surface area (Å²) in [6.07, 6.45) is 55.6. The Hall–Kier alpha value is -3.67. The van der Waals surface area contributed by atoms with Gasteiger partial charge in [0, 0.05) is 19.3 Å². The average molecular weight is 763 g/mol. The molecule has 6 heteroatoms. The highest BCUT2D eigenvalue weighted by atomic mass is 16.6. The predicted molar refractivity (Wildman–Crippen MR) is 233 cm³/mol. The lowest BCUT2D eigenvalue weighted by molar-refractivity contribution is -0.167. The Balaban J connectivity index is 4.37. The van der Waals surface area contributed by atoms with E-state index in [4.69, 9.17) is 14.2 Å². The van der Waals surface area contributed by atoms with Crippen LogP contribution >= 0.6 is 0 Å². The molecule has 0 aliphatic heterocycles. The van der Waals surface area contributed by atoms with Crippen molar-refractivity contribution < 1.29 is 28.6 Å². The van der Waals surface area contributed by atoms with Crippen LogP contribution in [0.1, 0.15) is 175 Å². The quantitative estimate of drug-likeness (QED) is 0.0271. The van der Waals surface area contributed by atoms with Crippen molar-refractivity contribution in [3.8, 4) is 0 Å². The van der Waals surface area contributed by atoms with E-state index in [9.17, 15) is 14.4 Å². The summed E-state index contributed by atoms with van der Waals surface area (Å²) in [6, 6.07) is 0. The van der Waals surface area contributed by atoms with Gasteiger partial charge < -0.3 is 14.2 Å². The SMILES string of the molecule is CC/C=C\C/C=C\C/C=C\C/C=C\CCCCCCCCC(=O)OCC(COC(=O)CCCC/C=C\C/C=C\CC)OC(=O)CCCC/C=C\C/C=C\CC. The van der Waals surface area contributed by atoms with Crippen LogP contribution in [0.4, 0.5) is 0 Å². The number of hydrogen-bond acceptors (Lipinski definition) is 6. The largest absolute Gasteiger partial charge is 0.462 e. The van der Waals surface area contributed by atoms with E-state index >= 15 is 0 Å². The summed E-state index contributed by atoms with van der Waals surface area (Å²) in [6.45, 7) is 6.16. The van der Waals surface area contributed by atoms with Crippen molar-refractivity contribution in [3.63, 3.8) is 0 Å².